The maximum Gasteiger partial charge on any atom is 0.258 e. The minimum absolute atomic E-state index is 0.0624. The molecule has 0 radical (unpaired) electrons. The van der Waals surface area contributed by atoms with Crippen LogP contribution in [-0.2, 0) is 14.8 Å². The van der Waals surface area contributed by atoms with Crippen molar-refractivity contribution in [1.29, 1.82) is 0 Å². The Hall–Kier alpha value is -2.00. The molecule has 1 heterocycles. The van der Waals surface area contributed by atoms with Gasteiger partial charge in [-0.15, -0.1) is 0 Å². The molecule has 3 rings (SSSR count). The lowest BCUT2D eigenvalue weighted by Gasteiger charge is -2.26. The normalized spacial score (nSPS) is 15.4. The van der Waals surface area contributed by atoms with Crippen LogP contribution in [0.1, 0.15) is 15.9 Å². The number of halogens is 2. The second kappa shape index (κ2) is 8.16. The predicted molar refractivity (Wildman–Crippen MR) is 105 cm³/mol. The van der Waals surface area contributed by atoms with E-state index in [0.717, 1.165) is 22.0 Å². The molecule has 0 N–H and O–H groups in total. The van der Waals surface area contributed by atoms with Crippen LogP contribution in [0.3, 0.4) is 0 Å². The Morgan fingerprint density at radius 3 is 2.50 bits per heavy atom. The third kappa shape index (κ3) is 4.05. The fraction of sp³-hybridized carbons (Fsp3) is 0.316. The molecule has 150 valence electrons. The van der Waals surface area contributed by atoms with Crippen molar-refractivity contribution in [2.24, 2.45) is 0 Å². The van der Waals surface area contributed by atoms with Gasteiger partial charge in [0.25, 0.3) is 5.91 Å². The lowest BCUT2D eigenvalue weighted by Crippen LogP contribution is -2.41. The SMILES string of the molecule is Cc1ccc(N(C)C(=O)c2ccc(F)c(S(=O)(=O)N3CCOCC3)c2)cc1Cl. The average molecular weight is 427 g/mol. The molecule has 1 amide bonds. The fourth-order valence-corrected chi connectivity index (χ4v) is 4.53. The highest BCUT2D eigenvalue weighted by Gasteiger charge is 2.30. The number of sulfonamides is 1. The minimum atomic E-state index is -4.06. The Balaban J connectivity index is 1.93. The summed E-state index contributed by atoms with van der Waals surface area (Å²) in [6, 6.07) is 8.49. The quantitative estimate of drug-likeness (QED) is 0.753. The highest BCUT2D eigenvalue weighted by atomic mass is 35.5. The topological polar surface area (TPSA) is 66.9 Å². The average Bonchev–Trinajstić information content (AvgIpc) is 2.70. The Labute approximate surface area is 168 Å². The van der Waals surface area contributed by atoms with Crippen LogP contribution in [0.2, 0.25) is 5.02 Å². The van der Waals surface area contributed by atoms with Gasteiger partial charge in [-0.3, -0.25) is 4.79 Å². The molecule has 0 atom stereocenters. The molecule has 1 fully saturated rings. The molecule has 0 bridgehead atoms. The number of rotatable bonds is 4. The van der Waals surface area contributed by atoms with E-state index in [1.807, 2.05) is 6.92 Å². The lowest BCUT2D eigenvalue weighted by molar-refractivity contribution is 0.0729. The first-order valence-electron chi connectivity index (χ1n) is 8.63. The second-order valence-corrected chi connectivity index (χ2v) is 8.77. The summed E-state index contributed by atoms with van der Waals surface area (Å²) in [4.78, 5) is 13.7. The van der Waals surface area contributed by atoms with Crippen molar-refractivity contribution < 1.29 is 22.3 Å². The molecular weight excluding hydrogens is 407 g/mol. The van der Waals surface area contributed by atoms with Gasteiger partial charge in [0.05, 0.1) is 13.2 Å². The molecule has 0 aromatic heterocycles. The van der Waals surface area contributed by atoms with E-state index in [0.29, 0.717) is 10.7 Å². The van der Waals surface area contributed by atoms with E-state index in [1.165, 1.54) is 11.0 Å². The van der Waals surface area contributed by atoms with Crippen LogP contribution in [0.15, 0.2) is 41.3 Å². The number of amides is 1. The molecular formula is C19H20ClFN2O4S. The van der Waals surface area contributed by atoms with Gasteiger partial charge in [0.1, 0.15) is 10.7 Å². The first-order chi connectivity index (χ1) is 13.2. The molecule has 2 aromatic rings. The molecule has 1 aliphatic rings. The molecule has 6 nitrogen and oxygen atoms in total. The van der Waals surface area contributed by atoms with Gasteiger partial charge in [0, 0.05) is 36.4 Å². The Bertz CT molecular complexity index is 1010. The Morgan fingerprint density at radius 1 is 1.18 bits per heavy atom. The number of hydrogen-bond acceptors (Lipinski definition) is 4. The molecule has 0 unspecified atom stereocenters. The molecule has 1 aliphatic heterocycles. The fourth-order valence-electron chi connectivity index (χ4n) is 2.86. The van der Waals surface area contributed by atoms with E-state index in [2.05, 4.69) is 0 Å². The smallest absolute Gasteiger partial charge is 0.258 e. The van der Waals surface area contributed by atoms with Crippen LogP contribution in [0.5, 0.6) is 0 Å². The van der Waals surface area contributed by atoms with Gasteiger partial charge in [0.15, 0.2) is 0 Å². The first kappa shape index (κ1) is 20.7. The third-order valence-corrected chi connectivity index (χ3v) is 6.93. The lowest BCUT2D eigenvalue weighted by atomic mass is 10.1. The summed E-state index contributed by atoms with van der Waals surface area (Å²) in [6.45, 7) is 2.62. The number of aryl methyl sites for hydroxylation is 1. The molecule has 0 spiro atoms. The van der Waals surface area contributed by atoms with Crippen LogP contribution >= 0.6 is 11.6 Å². The summed E-state index contributed by atoms with van der Waals surface area (Å²) in [5, 5.41) is 0.506. The molecule has 9 heteroatoms. The van der Waals surface area contributed by atoms with E-state index < -0.39 is 26.6 Å². The molecule has 0 aliphatic carbocycles. The van der Waals surface area contributed by atoms with E-state index in [9.17, 15) is 17.6 Å². The highest BCUT2D eigenvalue weighted by Crippen LogP contribution is 2.26. The minimum Gasteiger partial charge on any atom is -0.379 e. The monoisotopic (exact) mass is 426 g/mol. The molecule has 0 saturated carbocycles. The van der Waals surface area contributed by atoms with Crippen molar-refractivity contribution in [3.63, 3.8) is 0 Å². The van der Waals surface area contributed by atoms with Crippen molar-refractivity contribution in [2.45, 2.75) is 11.8 Å². The summed E-state index contributed by atoms with van der Waals surface area (Å²) < 4.78 is 46.2. The van der Waals surface area contributed by atoms with Gasteiger partial charge in [-0.2, -0.15) is 4.31 Å². The van der Waals surface area contributed by atoms with Gasteiger partial charge in [-0.1, -0.05) is 17.7 Å². The Morgan fingerprint density at radius 2 is 1.86 bits per heavy atom. The maximum absolute atomic E-state index is 14.3. The van der Waals surface area contributed by atoms with Crippen LogP contribution in [0.4, 0.5) is 10.1 Å². The van der Waals surface area contributed by atoms with Crippen molar-refractivity contribution in [1.82, 2.24) is 4.31 Å². The number of ether oxygens (including phenoxy) is 1. The highest BCUT2D eigenvalue weighted by molar-refractivity contribution is 7.89. The van der Waals surface area contributed by atoms with Gasteiger partial charge in [-0.25, -0.2) is 12.8 Å². The largest absolute Gasteiger partial charge is 0.379 e. The van der Waals surface area contributed by atoms with Gasteiger partial charge >= 0.3 is 0 Å². The zero-order valence-electron chi connectivity index (χ0n) is 15.5. The number of benzene rings is 2. The standard InChI is InChI=1S/C19H20ClFN2O4S/c1-13-3-5-15(12-16(13)20)22(2)19(24)14-4-6-17(21)18(11-14)28(25,26)23-7-9-27-10-8-23/h3-6,11-12H,7-10H2,1-2H3. The van der Waals surface area contributed by atoms with Crippen molar-refractivity contribution in [3.8, 4) is 0 Å². The van der Waals surface area contributed by atoms with Crippen molar-refractivity contribution >= 4 is 33.2 Å². The molecule has 1 saturated heterocycles. The van der Waals surface area contributed by atoms with Gasteiger partial charge in [0.2, 0.25) is 10.0 Å². The molecule has 2 aromatic carbocycles. The zero-order valence-corrected chi connectivity index (χ0v) is 17.1. The number of carbonyl (C=O) groups is 1. The van der Waals surface area contributed by atoms with Gasteiger partial charge in [-0.05, 0) is 42.8 Å². The summed E-state index contributed by atoms with van der Waals surface area (Å²) in [5.41, 5.74) is 1.47. The summed E-state index contributed by atoms with van der Waals surface area (Å²) in [6.07, 6.45) is 0. The summed E-state index contributed by atoms with van der Waals surface area (Å²) in [5.74, 6) is -1.37. The van der Waals surface area contributed by atoms with E-state index in [1.54, 1.807) is 25.2 Å². The number of hydrogen-bond donors (Lipinski definition) is 0. The first-order valence-corrected chi connectivity index (χ1v) is 10.5. The van der Waals surface area contributed by atoms with E-state index in [4.69, 9.17) is 16.3 Å². The van der Waals surface area contributed by atoms with Crippen LogP contribution in [0.25, 0.3) is 0 Å². The van der Waals surface area contributed by atoms with Gasteiger partial charge < -0.3 is 9.64 Å². The number of anilines is 1. The third-order valence-electron chi connectivity index (χ3n) is 4.61. The number of nitrogens with zero attached hydrogens (tertiary/aromatic N) is 2. The predicted octanol–water partition coefficient (Wildman–Crippen LogP) is 3.09. The van der Waals surface area contributed by atoms with Crippen molar-refractivity contribution in [3.05, 3.63) is 58.4 Å². The van der Waals surface area contributed by atoms with E-state index >= 15 is 0 Å². The summed E-state index contributed by atoms with van der Waals surface area (Å²) >= 11 is 6.12. The number of carbonyl (C=O) groups excluding carboxylic acids is 1. The Kier molecular flexibility index (Phi) is 6.04. The van der Waals surface area contributed by atoms with E-state index in [-0.39, 0.29) is 31.9 Å². The zero-order chi connectivity index (χ0) is 20.5. The van der Waals surface area contributed by atoms with Crippen LogP contribution in [-0.4, -0.2) is 52.0 Å². The summed E-state index contributed by atoms with van der Waals surface area (Å²) in [7, 11) is -2.52. The molecule has 28 heavy (non-hydrogen) atoms. The maximum atomic E-state index is 14.3. The number of morpholine rings is 1. The second-order valence-electron chi connectivity index (χ2n) is 6.46. The van der Waals surface area contributed by atoms with Crippen LogP contribution in [0, 0.1) is 12.7 Å². The van der Waals surface area contributed by atoms with Crippen LogP contribution < -0.4 is 4.90 Å². The van der Waals surface area contributed by atoms with Crippen molar-refractivity contribution in [2.75, 3.05) is 38.3 Å².